The highest BCUT2D eigenvalue weighted by molar-refractivity contribution is 5.96. The number of carboxylic acids is 1. The number of aromatic carboxylic acids is 1. The van der Waals surface area contributed by atoms with Gasteiger partial charge in [0.25, 0.3) is 0 Å². The van der Waals surface area contributed by atoms with E-state index >= 15 is 0 Å². The number of hydrogen-bond acceptors (Lipinski definition) is 1. The Bertz CT molecular complexity index is 612. The molecule has 0 spiro atoms. The summed E-state index contributed by atoms with van der Waals surface area (Å²) in [6, 6.07) is 11.7. The molecule has 0 fully saturated rings. The number of hydrogen-bond donors (Lipinski definition) is 1. The molecule has 2 heteroatoms. The van der Waals surface area contributed by atoms with Crippen molar-refractivity contribution in [3.63, 3.8) is 0 Å². The zero-order chi connectivity index (χ0) is 13.3. The molecule has 2 aromatic carbocycles. The van der Waals surface area contributed by atoms with E-state index in [4.69, 9.17) is 0 Å². The molecule has 0 heterocycles. The molecule has 2 nitrogen and oxygen atoms in total. The van der Waals surface area contributed by atoms with Crippen LogP contribution in [0.4, 0.5) is 0 Å². The fourth-order valence-electron chi connectivity index (χ4n) is 2.10. The summed E-state index contributed by atoms with van der Waals surface area (Å²) in [7, 11) is 0. The van der Waals surface area contributed by atoms with Gasteiger partial charge < -0.3 is 5.11 Å². The predicted octanol–water partition coefficient (Wildman–Crippen LogP) is 3.98. The molecule has 0 aliphatic rings. The first kappa shape index (κ1) is 12.4. The van der Waals surface area contributed by atoms with Gasteiger partial charge in [0.15, 0.2) is 0 Å². The highest BCUT2D eigenvalue weighted by Crippen LogP contribution is 2.28. The average Bonchev–Trinajstić information content (AvgIpc) is 2.32. The zero-order valence-electron chi connectivity index (χ0n) is 10.8. The molecule has 0 aliphatic heterocycles. The van der Waals surface area contributed by atoms with Crippen LogP contribution in [0.3, 0.4) is 0 Å². The minimum atomic E-state index is -0.880. The van der Waals surface area contributed by atoms with E-state index in [2.05, 4.69) is 0 Å². The molecule has 0 bridgehead atoms. The monoisotopic (exact) mass is 240 g/mol. The van der Waals surface area contributed by atoms with E-state index < -0.39 is 5.97 Å². The van der Waals surface area contributed by atoms with Gasteiger partial charge in [0.1, 0.15) is 0 Å². The summed E-state index contributed by atoms with van der Waals surface area (Å²) in [4.78, 5) is 11.3. The maximum Gasteiger partial charge on any atom is 0.336 e. The smallest absolute Gasteiger partial charge is 0.336 e. The molecule has 18 heavy (non-hydrogen) atoms. The second-order valence-electron chi connectivity index (χ2n) is 4.67. The molecule has 0 radical (unpaired) electrons. The van der Waals surface area contributed by atoms with E-state index in [1.165, 1.54) is 0 Å². The first-order chi connectivity index (χ1) is 8.49. The molecule has 0 unspecified atom stereocenters. The Morgan fingerprint density at radius 2 is 1.50 bits per heavy atom. The summed E-state index contributed by atoms with van der Waals surface area (Å²) < 4.78 is 0. The Balaban J connectivity index is 2.70. The molecule has 0 atom stereocenters. The van der Waals surface area contributed by atoms with Gasteiger partial charge in [0, 0.05) is 0 Å². The molecule has 0 aliphatic carbocycles. The topological polar surface area (TPSA) is 37.3 Å². The van der Waals surface area contributed by atoms with Crippen molar-refractivity contribution >= 4 is 5.97 Å². The third-order valence-corrected chi connectivity index (χ3v) is 3.09. The van der Waals surface area contributed by atoms with Crippen molar-refractivity contribution in [1.82, 2.24) is 0 Å². The van der Waals surface area contributed by atoms with E-state index in [1.807, 2.05) is 51.1 Å². The Morgan fingerprint density at radius 3 is 2.17 bits per heavy atom. The molecule has 0 aromatic heterocycles. The second kappa shape index (κ2) is 4.65. The molecule has 2 rings (SSSR count). The van der Waals surface area contributed by atoms with Gasteiger partial charge >= 0.3 is 5.97 Å². The lowest BCUT2D eigenvalue weighted by molar-refractivity contribution is 0.0697. The van der Waals surface area contributed by atoms with E-state index in [1.54, 1.807) is 6.07 Å². The van der Waals surface area contributed by atoms with Crippen LogP contribution in [-0.4, -0.2) is 11.1 Å². The van der Waals surface area contributed by atoms with Crippen molar-refractivity contribution in [2.24, 2.45) is 0 Å². The fourth-order valence-corrected chi connectivity index (χ4v) is 2.10. The standard InChI is InChI=1S/C16H16O2/c1-10-4-6-12(3)14(8-10)13-7-5-11(2)9-15(13)16(17)18/h4-9H,1-3H3,(H,17,18). The maximum absolute atomic E-state index is 11.3. The van der Waals surface area contributed by atoms with Crippen molar-refractivity contribution < 1.29 is 9.90 Å². The molecule has 0 saturated heterocycles. The van der Waals surface area contributed by atoms with E-state index in [-0.39, 0.29) is 0 Å². The van der Waals surface area contributed by atoms with E-state index in [0.29, 0.717) is 5.56 Å². The van der Waals surface area contributed by atoms with Gasteiger partial charge in [-0.25, -0.2) is 4.79 Å². The normalized spacial score (nSPS) is 10.4. The van der Waals surface area contributed by atoms with Crippen LogP contribution in [0.1, 0.15) is 27.0 Å². The Labute approximate surface area is 107 Å². The van der Waals surface area contributed by atoms with Gasteiger partial charge in [-0.2, -0.15) is 0 Å². The lowest BCUT2D eigenvalue weighted by Gasteiger charge is -2.11. The average molecular weight is 240 g/mol. The summed E-state index contributed by atoms with van der Waals surface area (Å²) in [5.74, 6) is -0.880. The summed E-state index contributed by atoms with van der Waals surface area (Å²) >= 11 is 0. The summed E-state index contributed by atoms with van der Waals surface area (Å²) in [5, 5.41) is 9.31. The quantitative estimate of drug-likeness (QED) is 0.862. The molecule has 0 amide bonds. The number of aryl methyl sites for hydroxylation is 3. The van der Waals surface area contributed by atoms with Gasteiger partial charge in [0.2, 0.25) is 0 Å². The second-order valence-corrected chi connectivity index (χ2v) is 4.67. The third kappa shape index (κ3) is 2.28. The largest absolute Gasteiger partial charge is 0.478 e. The lowest BCUT2D eigenvalue weighted by Crippen LogP contribution is -2.01. The fraction of sp³-hybridized carbons (Fsp3) is 0.188. The predicted molar refractivity (Wildman–Crippen MR) is 73.0 cm³/mol. The van der Waals surface area contributed by atoms with Crippen molar-refractivity contribution in [2.75, 3.05) is 0 Å². The van der Waals surface area contributed by atoms with E-state index in [0.717, 1.165) is 27.8 Å². The Kier molecular flexibility index (Phi) is 3.19. The maximum atomic E-state index is 11.3. The SMILES string of the molecule is Cc1ccc(-c2cc(C)ccc2C)c(C(=O)O)c1. The molecule has 2 aromatic rings. The zero-order valence-corrected chi connectivity index (χ0v) is 10.8. The summed E-state index contributed by atoms with van der Waals surface area (Å²) in [6.45, 7) is 5.91. The molecular formula is C16H16O2. The summed E-state index contributed by atoms with van der Waals surface area (Å²) in [5.41, 5.74) is 5.33. The van der Waals surface area contributed by atoms with Gasteiger partial charge in [-0.05, 0) is 43.5 Å². The number of benzene rings is 2. The third-order valence-electron chi connectivity index (χ3n) is 3.09. The van der Waals surface area contributed by atoms with Crippen LogP contribution in [0.2, 0.25) is 0 Å². The highest BCUT2D eigenvalue weighted by atomic mass is 16.4. The number of rotatable bonds is 2. The van der Waals surface area contributed by atoms with Crippen molar-refractivity contribution in [2.45, 2.75) is 20.8 Å². The van der Waals surface area contributed by atoms with Crippen LogP contribution in [0.25, 0.3) is 11.1 Å². The van der Waals surface area contributed by atoms with Crippen LogP contribution in [-0.2, 0) is 0 Å². The van der Waals surface area contributed by atoms with Crippen LogP contribution < -0.4 is 0 Å². The molecular weight excluding hydrogens is 224 g/mol. The molecule has 0 saturated carbocycles. The van der Waals surface area contributed by atoms with Crippen LogP contribution >= 0.6 is 0 Å². The van der Waals surface area contributed by atoms with Gasteiger partial charge in [-0.3, -0.25) is 0 Å². The van der Waals surface area contributed by atoms with Crippen molar-refractivity contribution in [1.29, 1.82) is 0 Å². The Hall–Kier alpha value is -2.09. The van der Waals surface area contributed by atoms with Crippen molar-refractivity contribution in [3.05, 3.63) is 58.7 Å². The minimum Gasteiger partial charge on any atom is -0.478 e. The minimum absolute atomic E-state index is 0.365. The van der Waals surface area contributed by atoms with Crippen LogP contribution in [0.5, 0.6) is 0 Å². The first-order valence-electron chi connectivity index (χ1n) is 5.90. The van der Waals surface area contributed by atoms with Crippen LogP contribution in [0.15, 0.2) is 36.4 Å². The summed E-state index contributed by atoms with van der Waals surface area (Å²) in [6.07, 6.45) is 0. The van der Waals surface area contributed by atoms with Crippen LogP contribution in [0, 0.1) is 20.8 Å². The van der Waals surface area contributed by atoms with E-state index in [9.17, 15) is 9.90 Å². The van der Waals surface area contributed by atoms with Crippen molar-refractivity contribution in [3.8, 4) is 11.1 Å². The van der Waals surface area contributed by atoms with Gasteiger partial charge in [0.05, 0.1) is 5.56 Å². The number of carboxylic acid groups (broad SMARTS) is 1. The number of carbonyl (C=O) groups is 1. The highest BCUT2D eigenvalue weighted by Gasteiger charge is 2.13. The lowest BCUT2D eigenvalue weighted by atomic mass is 9.93. The molecule has 92 valence electrons. The first-order valence-corrected chi connectivity index (χ1v) is 5.90. The van der Waals surface area contributed by atoms with Gasteiger partial charge in [-0.1, -0.05) is 41.5 Å². The Morgan fingerprint density at radius 1 is 0.889 bits per heavy atom. The molecule has 1 N–H and O–H groups in total. The van der Waals surface area contributed by atoms with Gasteiger partial charge in [-0.15, -0.1) is 0 Å².